The predicted molar refractivity (Wildman–Crippen MR) is 97.3 cm³/mol. The number of H-pyrrole nitrogens is 1. The Labute approximate surface area is 150 Å². The van der Waals surface area contributed by atoms with Crippen LogP contribution in [0.15, 0.2) is 47.3 Å². The fraction of sp³-hybridized carbons (Fsp3) is 0.211. The lowest BCUT2D eigenvalue weighted by atomic mass is 10.1. The average molecular weight is 356 g/mol. The molecular weight excluding hydrogens is 338 g/mol. The fourth-order valence-corrected chi connectivity index (χ4v) is 3.03. The van der Waals surface area contributed by atoms with E-state index >= 15 is 0 Å². The van der Waals surface area contributed by atoms with Crippen LogP contribution in [-0.4, -0.2) is 20.5 Å². The Kier molecular flexibility index (Phi) is 4.86. The number of aromatic nitrogens is 3. The summed E-state index contributed by atoms with van der Waals surface area (Å²) >= 11 is 5.89. The Balaban J connectivity index is 1.82. The first kappa shape index (κ1) is 17.2. The number of nitrogens with zero attached hydrogens (tertiary/aromatic N) is 2. The second-order valence-corrected chi connectivity index (χ2v) is 6.41. The van der Waals surface area contributed by atoms with Crippen LogP contribution in [0.25, 0.3) is 0 Å². The molecule has 1 N–H and O–H groups in total. The topological polar surface area (TPSA) is 67.8 Å². The van der Waals surface area contributed by atoms with Crippen molar-refractivity contribution >= 4 is 17.4 Å². The number of carbonyl (C=O) groups is 1. The van der Waals surface area contributed by atoms with Gasteiger partial charge in [-0.15, -0.1) is 0 Å². The maximum Gasteiger partial charge on any atom is 0.264 e. The zero-order valence-corrected chi connectivity index (χ0v) is 14.8. The van der Waals surface area contributed by atoms with Gasteiger partial charge in [-0.2, -0.15) is 5.10 Å². The summed E-state index contributed by atoms with van der Waals surface area (Å²) < 4.78 is 1.93. The Morgan fingerprint density at radius 2 is 1.88 bits per heavy atom. The molecule has 0 fully saturated rings. The molecule has 2 aromatic heterocycles. The van der Waals surface area contributed by atoms with Crippen LogP contribution in [0.1, 0.15) is 33.0 Å². The summed E-state index contributed by atoms with van der Waals surface area (Å²) in [5.41, 5.74) is 3.86. The molecule has 0 saturated carbocycles. The summed E-state index contributed by atoms with van der Waals surface area (Å²) in [6.07, 6.45) is 1.41. The first-order valence-corrected chi connectivity index (χ1v) is 8.33. The first-order chi connectivity index (χ1) is 12.0. The molecule has 0 bridgehead atoms. The Hall–Kier alpha value is -2.66. The van der Waals surface area contributed by atoms with Crippen molar-refractivity contribution < 1.29 is 4.79 Å². The quantitative estimate of drug-likeness (QED) is 0.715. The van der Waals surface area contributed by atoms with Crippen LogP contribution in [0.4, 0.5) is 0 Å². The zero-order chi connectivity index (χ0) is 18.0. The minimum absolute atomic E-state index is 0.0231. The van der Waals surface area contributed by atoms with Gasteiger partial charge in [0.05, 0.1) is 11.4 Å². The van der Waals surface area contributed by atoms with Gasteiger partial charge in [-0.3, -0.25) is 9.59 Å². The van der Waals surface area contributed by atoms with Crippen LogP contribution in [0.3, 0.4) is 0 Å². The Bertz CT molecular complexity index is 951. The van der Waals surface area contributed by atoms with E-state index in [-0.39, 0.29) is 11.3 Å². The van der Waals surface area contributed by atoms with Crippen molar-refractivity contribution in [2.24, 2.45) is 7.05 Å². The number of aromatic amines is 1. The number of nitrogens with one attached hydrogen (secondary N) is 1. The van der Waals surface area contributed by atoms with Crippen molar-refractivity contribution in [3.05, 3.63) is 86.0 Å². The molecule has 0 amide bonds. The van der Waals surface area contributed by atoms with Crippen LogP contribution >= 0.6 is 11.6 Å². The third kappa shape index (κ3) is 3.72. The summed E-state index contributed by atoms with van der Waals surface area (Å²) in [7, 11) is 1.89. The highest BCUT2D eigenvalue weighted by molar-refractivity contribution is 6.30. The maximum atomic E-state index is 12.8. The van der Waals surface area contributed by atoms with Crippen molar-refractivity contribution in [1.29, 1.82) is 0 Å². The van der Waals surface area contributed by atoms with Crippen molar-refractivity contribution in [2.75, 3.05) is 0 Å². The number of halogens is 1. The van der Waals surface area contributed by atoms with E-state index in [0.717, 1.165) is 23.4 Å². The highest BCUT2D eigenvalue weighted by Gasteiger charge is 2.18. The third-order valence-electron chi connectivity index (χ3n) is 4.22. The fourth-order valence-electron chi connectivity index (χ4n) is 2.90. The monoisotopic (exact) mass is 355 g/mol. The van der Waals surface area contributed by atoms with Gasteiger partial charge in [0.15, 0.2) is 0 Å². The van der Waals surface area contributed by atoms with E-state index < -0.39 is 0 Å². The molecule has 0 aliphatic rings. The highest BCUT2D eigenvalue weighted by Crippen LogP contribution is 2.20. The zero-order valence-electron chi connectivity index (χ0n) is 14.0. The second-order valence-electron chi connectivity index (χ2n) is 5.97. The summed E-state index contributed by atoms with van der Waals surface area (Å²) in [6, 6.07) is 12.1. The lowest BCUT2D eigenvalue weighted by Gasteiger charge is -2.08. The van der Waals surface area contributed by atoms with Crippen molar-refractivity contribution in [1.82, 2.24) is 14.8 Å². The van der Waals surface area contributed by atoms with Crippen LogP contribution in [0.5, 0.6) is 0 Å². The van der Waals surface area contributed by atoms with Crippen molar-refractivity contribution in [3.63, 3.8) is 0 Å². The molecule has 2 heterocycles. The Morgan fingerprint density at radius 3 is 2.52 bits per heavy atom. The lowest BCUT2D eigenvalue weighted by Crippen LogP contribution is -2.11. The Morgan fingerprint density at radius 1 is 1.16 bits per heavy atom. The number of carbonyl (C=O) groups excluding carboxylic acids is 1. The summed E-state index contributed by atoms with van der Waals surface area (Å²) in [5, 5.41) is 7.06. The van der Waals surface area contributed by atoms with Crippen LogP contribution in [0, 0.1) is 6.92 Å². The molecular formula is C19H18ClN3O2. The van der Waals surface area contributed by atoms with Crippen molar-refractivity contribution in [2.45, 2.75) is 19.8 Å². The van der Waals surface area contributed by atoms with E-state index in [1.807, 2.05) is 24.6 Å². The van der Waals surface area contributed by atoms with Gasteiger partial charge < -0.3 is 4.57 Å². The number of ketones is 1. The van der Waals surface area contributed by atoms with Crippen LogP contribution < -0.4 is 5.56 Å². The molecule has 0 aliphatic carbocycles. The van der Waals surface area contributed by atoms with E-state index in [1.165, 1.54) is 6.07 Å². The van der Waals surface area contributed by atoms with Crippen LogP contribution in [0.2, 0.25) is 5.02 Å². The number of hydrogen-bond donors (Lipinski definition) is 1. The van der Waals surface area contributed by atoms with E-state index in [4.69, 9.17) is 11.6 Å². The minimum Gasteiger partial charge on any atom is -0.345 e. The number of hydrogen-bond acceptors (Lipinski definition) is 3. The van der Waals surface area contributed by atoms with Crippen molar-refractivity contribution in [3.8, 4) is 0 Å². The molecule has 128 valence electrons. The molecule has 0 spiro atoms. The van der Waals surface area contributed by atoms with Crippen LogP contribution in [-0.2, 0) is 19.9 Å². The van der Waals surface area contributed by atoms with E-state index in [9.17, 15) is 9.59 Å². The smallest absolute Gasteiger partial charge is 0.264 e. The maximum absolute atomic E-state index is 12.8. The minimum atomic E-state index is -0.214. The van der Waals surface area contributed by atoms with Gasteiger partial charge in [0.1, 0.15) is 0 Å². The molecule has 6 heteroatoms. The predicted octanol–water partition coefficient (Wildman–Crippen LogP) is 3.09. The van der Waals surface area contributed by atoms with Gasteiger partial charge in [0, 0.05) is 29.4 Å². The van der Waals surface area contributed by atoms with Gasteiger partial charge in [-0.05, 0) is 61.7 Å². The molecule has 3 rings (SSSR count). The molecule has 0 unspecified atom stereocenters. The molecule has 5 nitrogen and oxygen atoms in total. The van der Waals surface area contributed by atoms with E-state index in [2.05, 4.69) is 10.2 Å². The lowest BCUT2D eigenvalue weighted by molar-refractivity contribution is 0.103. The molecule has 0 saturated heterocycles. The summed E-state index contributed by atoms with van der Waals surface area (Å²) in [5.74, 6) is -0.0231. The molecule has 0 radical (unpaired) electrons. The molecule has 0 atom stereocenters. The van der Waals surface area contributed by atoms with Gasteiger partial charge in [-0.1, -0.05) is 11.6 Å². The number of rotatable bonds is 5. The number of aryl methyl sites for hydroxylation is 3. The van der Waals surface area contributed by atoms with Gasteiger partial charge in [-0.25, -0.2) is 5.10 Å². The average Bonchev–Trinajstić information content (AvgIpc) is 2.88. The highest BCUT2D eigenvalue weighted by atomic mass is 35.5. The number of benzene rings is 1. The SMILES string of the molecule is Cc1cc(CCc2ccc(=O)[nH]n2)n(C)c1C(=O)c1ccc(Cl)cc1. The standard InChI is InChI=1S/C19H18ClN3O2/c1-12-11-16(9-7-15-8-10-17(24)22-21-15)23(2)18(12)19(25)13-3-5-14(20)6-4-13/h3-6,8,10-11H,7,9H2,1-2H3,(H,22,24). The van der Waals surface area contributed by atoms with E-state index in [1.54, 1.807) is 30.3 Å². The third-order valence-corrected chi connectivity index (χ3v) is 4.47. The summed E-state index contributed by atoms with van der Waals surface area (Å²) in [4.78, 5) is 23.9. The molecule has 0 aliphatic heterocycles. The largest absolute Gasteiger partial charge is 0.345 e. The normalized spacial score (nSPS) is 10.8. The molecule has 3 aromatic rings. The molecule has 25 heavy (non-hydrogen) atoms. The van der Waals surface area contributed by atoms with Gasteiger partial charge >= 0.3 is 0 Å². The first-order valence-electron chi connectivity index (χ1n) is 7.96. The molecule has 1 aromatic carbocycles. The van der Waals surface area contributed by atoms with E-state index in [0.29, 0.717) is 22.7 Å². The summed E-state index contributed by atoms with van der Waals surface area (Å²) in [6.45, 7) is 1.94. The second kappa shape index (κ2) is 7.07. The van der Waals surface area contributed by atoms with Gasteiger partial charge in [0.25, 0.3) is 5.56 Å². The van der Waals surface area contributed by atoms with Gasteiger partial charge in [0.2, 0.25) is 5.78 Å².